The molecule has 1 aromatic heterocycles. The molecule has 1 aromatic carbocycles. The summed E-state index contributed by atoms with van der Waals surface area (Å²) in [4.78, 5) is 27.6. The van der Waals surface area contributed by atoms with Crippen LogP contribution in [-0.2, 0) is 15.8 Å². The lowest BCUT2D eigenvalue weighted by molar-refractivity contribution is -0.137. The first-order chi connectivity index (χ1) is 13.8. The van der Waals surface area contributed by atoms with Crippen LogP contribution in [0.2, 0.25) is 0 Å². The summed E-state index contributed by atoms with van der Waals surface area (Å²) in [5.41, 5.74) is -0.572. The third-order valence-electron chi connectivity index (χ3n) is 4.33. The SMILES string of the molecule is COc1ccc(Oc2ccc(C(F)(F)F)cn2)cc1NC(=O)C1CCNC(=O)C1. The first-order valence-electron chi connectivity index (χ1n) is 8.73. The number of anilines is 1. The summed E-state index contributed by atoms with van der Waals surface area (Å²) < 4.78 is 48.6. The van der Waals surface area contributed by atoms with Gasteiger partial charge >= 0.3 is 6.18 Å². The molecule has 29 heavy (non-hydrogen) atoms. The number of piperidine rings is 1. The molecule has 2 amide bonds. The fourth-order valence-corrected chi connectivity index (χ4v) is 2.82. The molecular weight excluding hydrogens is 391 g/mol. The Balaban J connectivity index is 1.74. The van der Waals surface area contributed by atoms with E-state index in [0.29, 0.717) is 30.6 Å². The Kier molecular flexibility index (Phi) is 5.90. The molecule has 7 nitrogen and oxygen atoms in total. The van der Waals surface area contributed by atoms with Crippen molar-refractivity contribution >= 4 is 17.5 Å². The molecule has 154 valence electrons. The maximum Gasteiger partial charge on any atom is 0.417 e. The third kappa shape index (κ3) is 5.15. The van der Waals surface area contributed by atoms with Crippen LogP contribution in [0, 0.1) is 5.92 Å². The number of nitrogens with one attached hydrogen (secondary N) is 2. The molecule has 10 heteroatoms. The Morgan fingerprint density at radius 1 is 1.28 bits per heavy atom. The van der Waals surface area contributed by atoms with E-state index in [1.54, 1.807) is 6.07 Å². The molecule has 1 unspecified atom stereocenters. The van der Waals surface area contributed by atoms with Crippen molar-refractivity contribution < 1.29 is 32.2 Å². The highest BCUT2D eigenvalue weighted by atomic mass is 19.4. The van der Waals surface area contributed by atoms with Gasteiger partial charge < -0.3 is 20.1 Å². The smallest absolute Gasteiger partial charge is 0.417 e. The molecular formula is C19H18F3N3O4. The van der Waals surface area contributed by atoms with Crippen LogP contribution in [0.15, 0.2) is 36.5 Å². The minimum absolute atomic E-state index is 0.0376. The molecule has 3 rings (SSSR count). The van der Waals surface area contributed by atoms with Gasteiger partial charge in [-0.15, -0.1) is 0 Å². The van der Waals surface area contributed by atoms with Crippen LogP contribution < -0.4 is 20.1 Å². The molecule has 0 saturated carbocycles. The monoisotopic (exact) mass is 409 g/mol. The van der Waals surface area contributed by atoms with Crippen molar-refractivity contribution in [3.05, 3.63) is 42.1 Å². The summed E-state index contributed by atoms with van der Waals surface area (Å²) >= 11 is 0. The molecule has 2 heterocycles. The topological polar surface area (TPSA) is 89.6 Å². The number of halogens is 3. The number of pyridine rings is 1. The van der Waals surface area contributed by atoms with Crippen LogP contribution in [0.3, 0.4) is 0 Å². The van der Waals surface area contributed by atoms with Crippen molar-refractivity contribution in [2.75, 3.05) is 19.0 Å². The van der Waals surface area contributed by atoms with E-state index in [1.165, 1.54) is 19.2 Å². The van der Waals surface area contributed by atoms with E-state index in [2.05, 4.69) is 15.6 Å². The van der Waals surface area contributed by atoms with Gasteiger partial charge in [-0.05, 0) is 24.6 Å². The van der Waals surface area contributed by atoms with E-state index < -0.39 is 17.7 Å². The fourth-order valence-electron chi connectivity index (χ4n) is 2.82. The standard InChI is InChI=1S/C19H18F3N3O4/c1-28-15-4-3-13(29-17-5-2-12(10-24-17)19(20,21)22)9-14(15)25-18(27)11-6-7-23-16(26)8-11/h2-5,9-11H,6-8H2,1H3,(H,23,26)(H,25,27). The lowest BCUT2D eigenvalue weighted by Gasteiger charge is -2.22. The fraction of sp³-hybridized carbons (Fsp3) is 0.316. The maximum atomic E-state index is 12.6. The molecule has 0 bridgehead atoms. The van der Waals surface area contributed by atoms with Crippen molar-refractivity contribution in [1.82, 2.24) is 10.3 Å². The molecule has 0 spiro atoms. The van der Waals surface area contributed by atoms with E-state index >= 15 is 0 Å². The lowest BCUT2D eigenvalue weighted by Crippen LogP contribution is -2.38. The number of aromatic nitrogens is 1. The Morgan fingerprint density at radius 2 is 2.07 bits per heavy atom. The van der Waals surface area contributed by atoms with Gasteiger partial charge in [0.05, 0.1) is 18.4 Å². The molecule has 2 N–H and O–H groups in total. The second kappa shape index (κ2) is 8.38. The lowest BCUT2D eigenvalue weighted by atomic mass is 9.96. The molecule has 0 aliphatic carbocycles. The number of hydrogen-bond donors (Lipinski definition) is 2. The highest BCUT2D eigenvalue weighted by molar-refractivity contribution is 5.97. The third-order valence-corrected chi connectivity index (χ3v) is 4.33. The van der Waals surface area contributed by atoms with Crippen LogP contribution in [0.5, 0.6) is 17.4 Å². The number of carbonyl (C=O) groups excluding carboxylic acids is 2. The number of alkyl halides is 3. The molecule has 1 aliphatic heterocycles. The van der Waals surface area contributed by atoms with Gasteiger partial charge in [0.25, 0.3) is 0 Å². The minimum atomic E-state index is -4.49. The number of methoxy groups -OCH3 is 1. The predicted molar refractivity (Wildman–Crippen MR) is 96.7 cm³/mol. The molecule has 1 atom stereocenters. The van der Waals surface area contributed by atoms with Crippen LogP contribution >= 0.6 is 0 Å². The van der Waals surface area contributed by atoms with Gasteiger partial charge in [0.1, 0.15) is 11.5 Å². The second-order valence-electron chi connectivity index (χ2n) is 6.38. The predicted octanol–water partition coefficient (Wildman–Crippen LogP) is 3.37. The summed E-state index contributed by atoms with van der Waals surface area (Å²) in [6.07, 6.45) is -3.19. The number of hydrogen-bond acceptors (Lipinski definition) is 5. The van der Waals surface area contributed by atoms with Gasteiger partial charge in [0.15, 0.2) is 0 Å². The molecule has 1 saturated heterocycles. The highest BCUT2D eigenvalue weighted by Crippen LogP contribution is 2.33. The maximum absolute atomic E-state index is 12.6. The zero-order valence-corrected chi connectivity index (χ0v) is 15.4. The second-order valence-corrected chi connectivity index (χ2v) is 6.38. The number of carbonyl (C=O) groups is 2. The highest BCUT2D eigenvalue weighted by Gasteiger charge is 2.31. The van der Waals surface area contributed by atoms with Gasteiger partial charge in [-0.1, -0.05) is 0 Å². The molecule has 0 radical (unpaired) electrons. The van der Waals surface area contributed by atoms with Gasteiger partial charge in [0, 0.05) is 37.2 Å². The first-order valence-corrected chi connectivity index (χ1v) is 8.73. The van der Waals surface area contributed by atoms with E-state index in [0.717, 1.165) is 12.1 Å². The Bertz CT molecular complexity index is 901. The minimum Gasteiger partial charge on any atom is -0.495 e. The van der Waals surface area contributed by atoms with Gasteiger partial charge in [-0.25, -0.2) is 4.98 Å². The number of ether oxygens (including phenoxy) is 2. The number of amides is 2. The quantitative estimate of drug-likeness (QED) is 0.791. The summed E-state index contributed by atoms with van der Waals surface area (Å²) in [6, 6.07) is 6.51. The molecule has 2 aromatic rings. The Morgan fingerprint density at radius 3 is 2.69 bits per heavy atom. The number of benzene rings is 1. The number of nitrogens with zero attached hydrogens (tertiary/aromatic N) is 1. The zero-order valence-electron chi connectivity index (χ0n) is 15.4. The van der Waals surface area contributed by atoms with Gasteiger partial charge in [0.2, 0.25) is 17.7 Å². The van der Waals surface area contributed by atoms with Crippen LogP contribution in [0.25, 0.3) is 0 Å². The van der Waals surface area contributed by atoms with Crippen molar-refractivity contribution in [2.45, 2.75) is 19.0 Å². The van der Waals surface area contributed by atoms with E-state index in [-0.39, 0.29) is 29.9 Å². The van der Waals surface area contributed by atoms with Crippen LogP contribution in [0.1, 0.15) is 18.4 Å². The largest absolute Gasteiger partial charge is 0.495 e. The van der Waals surface area contributed by atoms with Gasteiger partial charge in [-0.3, -0.25) is 9.59 Å². The van der Waals surface area contributed by atoms with E-state index in [1.807, 2.05) is 0 Å². The van der Waals surface area contributed by atoms with Crippen molar-refractivity contribution in [3.8, 4) is 17.4 Å². The Hall–Kier alpha value is -3.30. The number of rotatable bonds is 5. The zero-order chi connectivity index (χ0) is 21.0. The van der Waals surface area contributed by atoms with Crippen molar-refractivity contribution in [1.29, 1.82) is 0 Å². The van der Waals surface area contributed by atoms with Crippen molar-refractivity contribution in [2.24, 2.45) is 5.92 Å². The molecule has 1 fully saturated rings. The van der Waals surface area contributed by atoms with Crippen LogP contribution in [0.4, 0.5) is 18.9 Å². The molecule has 1 aliphatic rings. The summed E-state index contributed by atoms with van der Waals surface area (Å²) in [5.74, 6) is -0.406. The summed E-state index contributed by atoms with van der Waals surface area (Å²) in [5, 5.41) is 5.38. The van der Waals surface area contributed by atoms with E-state index in [9.17, 15) is 22.8 Å². The normalized spacial score (nSPS) is 16.7. The average Bonchev–Trinajstić information content (AvgIpc) is 2.68. The van der Waals surface area contributed by atoms with E-state index in [4.69, 9.17) is 9.47 Å². The summed E-state index contributed by atoms with van der Waals surface area (Å²) in [7, 11) is 1.43. The average molecular weight is 409 g/mol. The Labute approximate surface area is 164 Å². The summed E-state index contributed by atoms with van der Waals surface area (Å²) in [6.45, 7) is 0.427. The van der Waals surface area contributed by atoms with Crippen LogP contribution in [-0.4, -0.2) is 30.5 Å². The van der Waals surface area contributed by atoms with Crippen molar-refractivity contribution in [3.63, 3.8) is 0 Å². The van der Waals surface area contributed by atoms with Gasteiger partial charge in [-0.2, -0.15) is 13.2 Å². The first kappa shape index (κ1) is 20.4.